The molecular weight excluding hydrogens is 330 g/mol. The molecule has 0 bridgehead atoms. The Kier molecular flexibility index (Phi) is 3.83. The van der Waals surface area contributed by atoms with Crippen molar-refractivity contribution >= 4 is 33.4 Å². The molecule has 1 aliphatic carbocycles. The molecule has 2 atom stereocenters. The van der Waals surface area contributed by atoms with Gasteiger partial charge in [-0.3, -0.25) is 4.79 Å². The van der Waals surface area contributed by atoms with E-state index in [1.165, 1.54) is 0 Å². The van der Waals surface area contributed by atoms with Crippen LogP contribution in [0, 0.1) is 0 Å². The van der Waals surface area contributed by atoms with Gasteiger partial charge in [-0.2, -0.15) is 0 Å². The maximum Gasteiger partial charge on any atom is 0.255 e. The second kappa shape index (κ2) is 5.43. The number of fused-ring (bicyclic) bond motifs is 1. The molecule has 1 saturated heterocycles. The van der Waals surface area contributed by atoms with E-state index >= 15 is 0 Å². The Labute approximate surface area is 126 Å². The third kappa shape index (κ3) is 2.41. The second-order valence-electron chi connectivity index (χ2n) is 5.01. The molecule has 1 aromatic carbocycles. The number of hydrogen-bond donors (Lipinski definition) is 0. The van der Waals surface area contributed by atoms with Crippen molar-refractivity contribution in [2.45, 2.75) is 31.4 Å². The Morgan fingerprint density at radius 2 is 2.26 bits per heavy atom. The number of rotatable bonds is 1. The highest BCUT2D eigenvalue weighted by Gasteiger charge is 2.39. The molecule has 0 N–H and O–H groups in total. The summed E-state index contributed by atoms with van der Waals surface area (Å²) < 4.78 is 6.50. The molecule has 2 unspecified atom stereocenters. The number of benzene rings is 1. The number of morpholine rings is 1. The van der Waals surface area contributed by atoms with Crippen LogP contribution in [0.1, 0.15) is 29.6 Å². The van der Waals surface area contributed by atoms with E-state index in [1.807, 2.05) is 17.0 Å². The summed E-state index contributed by atoms with van der Waals surface area (Å²) in [6.45, 7) is 1.28. The highest BCUT2D eigenvalue weighted by molar-refractivity contribution is 9.10. The van der Waals surface area contributed by atoms with Crippen LogP contribution in [0.3, 0.4) is 0 Å². The van der Waals surface area contributed by atoms with Crippen molar-refractivity contribution in [2.75, 3.05) is 13.2 Å². The second-order valence-corrected chi connectivity index (χ2v) is 6.24. The molecular formula is C14H15BrClNO2. The summed E-state index contributed by atoms with van der Waals surface area (Å²) in [7, 11) is 0. The molecule has 1 heterocycles. The molecule has 19 heavy (non-hydrogen) atoms. The van der Waals surface area contributed by atoms with Crippen molar-refractivity contribution in [3.8, 4) is 0 Å². The Morgan fingerprint density at radius 3 is 3.11 bits per heavy atom. The lowest BCUT2D eigenvalue weighted by Gasteiger charge is -2.37. The monoisotopic (exact) mass is 343 g/mol. The van der Waals surface area contributed by atoms with Gasteiger partial charge in [-0.05, 0) is 47.3 Å². The molecule has 0 spiro atoms. The molecule has 0 radical (unpaired) electrons. The largest absolute Gasteiger partial charge is 0.374 e. The van der Waals surface area contributed by atoms with E-state index in [0.717, 1.165) is 23.7 Å². The molecule has 1 aliphatic heterocycles. The third-order valence-electron chi connectivity index (χ3n) is 3.93. The lowest BCUT2D eigenvalue weighted by molar-refractivity contribution is -0.0445. The van der Waals surface area contributed by atoms with Gasteiger partial charge in [0.2, 0.25) is 0 Å². The number of nitrogens with zero attached hydrogens (tertiary/aromatic N) is 1. The summed E-state index contributed by atoms with van der Waals surface area (Å²) in [5.74, 6) is 0.0199. The van der Waals surface area contributed by atoms with E-state index in [4.69, 9.17) is 16.3 Å². The average molecular weight is 345 g/mol. The number of halogens is 2. The van der Waals surface area contributed by atoms with Crippen LogP contribution in [-0.4, -0.2) is 36.1 Å². The fraction of sp³-hybridized carbons (Fsp3) is 0.500. The lowest BCUT2D eigenvalue weighted by Crippen LogP contribution is -2.51. The predicted molar refractivity (Wildman–Crippen MR) is 77.6 cm³/mol. The number of amides is 1. The number of carbonyl (C=O) groups is 1. The van der Waals surface area contributed by atoms with Gasteiger partial charge in [0.1, 0.15) is 0 Å². The van der Waals surface area contributed by atoms with Gasteiger partial charge in [-0.25, -0.2) is 0 Å². The summed E-state index contributed by atoms with van der Waals surface area (Å²) in [5.41, 5.74) is 0.573. The Balaban J connectivity index is 1.88. The van der Waals surface area contributed by atoms with E-state index < -0.39 is 0 Å². The van der Waals surface area contributed by atoms with Gasteiger partial charge in [-0.1, -0.05) is 17.7 Å². The molecule has 2 fully saturated rings. The van der Waals surface area contributed by atoms with Crippen molar-refractivity contribution in [1.82, 2.24) is 4.90 Å². The number of carbonyl (C=O) groups excluding carboxylic acids is 1. The van der Waals surface area contributed by atoms with Crippen molar-refractivity contribution in [3.05, 3.63) is 33.3 Å². The van der Waals surface area contributed by atoms with E-state index in [1.54, 1.807) is 6.07 Å². The maximum atomic E-state index is 12.7. The van der Waals surface area contributed by atoms with Crippen molar-refractivity contribution < 1.29 is 9.53 Å². The van der Waals surface area contributed by atoms with Crippen LogP contribution in [0.25, 0.3) is 0 Å². The van der Waals surface area contributed by atoms with Crippen LogP contribution in [0.15, 0.2) is 22.7 Å². The normalized spacial score (nSPS) is 26.3. The average Bonchev–Trinajstić information content (AvgIpc) is 2.89. The number of hydrogen-bond acceptors (Lipinski definition) is 2. The van der Waals surface area contributed by atoms with E-state index in [0.29, 0.717) is 23.7 Å². The molecule has 1 aromatic rings. The topological polar surface area (TPSA) is 29.5 Å². The highest BCUT2D eigenvalue weighted by atomic mass is 79.9. The minimum absolute atomic E-state index is 0.0199. The summed E-state index contributed by atoms with van der Waals surface area (Å²) in [4.78, 5) is 14.6. The van der Waals surface area contributed by atoms with Gasteiger partial charge in [0, 0.05) is 11.0 Å². The summed E-state index contributed by atoms with van der Waals surface area (Å²) in [5, 5.41) is 0.494. The first kappa shape index (κ1) is 13.4. The van der Waals surface area contributed by atoms with Crippen molar-refractivity contribution in [3.63, 3.8) is 0 Å². The summed E-state index contributed by atoms with van der Waals surface area (Å²) in [6.07, 6.45) is 3.43. The first-order valence-electron chi connectivity index (χ1n) is 6.55. The van der Waals surface area contributed by atoms with Crippen molar-refractivity contribution in [1.29, 1.82) is 0 Å². The van der Waals surface area contributed by atoms with E-state index in [9.17, 15) is 4.79 Å². The van der Waals surface area contributed by atoms with Gasteiger partial charge >= 0.3 is 0 Å². The predicted octanol–water partition coefficient (Wildman–Crippen LogP) is 3.50. The van der Waals surface area contributed by atoms with Crippen LogP contribution >= 0.6 is 27.5 Å². The first-order valence-corrected chi connectivity index (χ1v) is 7.72. The zero-order chi connectivity index (χ0) is 13.4. The van der Waals surface area contributed by atoms with Gasteiger partial charge in [-0.15, -0.1) is 0 Å². The lowest BCUT2D eigenvalue weighted by atomic mass is 10.1. The fourth-order valence-corrected chi connectivity index (χ4v) is 3.57. The molecule has 3 rings (SSSR count). The highest BCUT2D eigenvalue weighted by Crippen LogP contribution is 2.33. The minimum atomic E-state index is 0.0199. The van der Waals surface area contributed by atoms with Crippen LogP contribution < -0.4 is 0 Å². The standard InChI is InChI=1S/C14H15BrClNO2/c15-10-4-1-3-9(13(10)16)14(18)17-7-8-19-12-6-2-5-11(12)17/h1,3-4,11-12H,2,5-8H2. The van der Waals surface area contributed by atoms with E-state index in [-0.39, 0.29) is 18.1 Å². The van der Waals surface area contributed by atoms with Crippen LogP contribution in [0.5, 0.6) is 0 Å². The van der Waals surface area contributed by atoms with Gasteiger partial charge in [0.05, 0.1) is 29.3 Å². The van der Waals surface area contributed by atoms with Crippen LogP contribution in [-0.2, 0) is 4.74 Å². The zero-order valence-corrected chi connectivity index (χ0v) is 12.8. The quantitative estimate of drug-likeness (QED) is 0.780. The van der Waals surface area contributed by atoms with Gasteiger partial charge < -0.3 is 9.64 Å². The van der Waals surface area contributed by atoms with Crippen LogP contribution in [0.2, 0.25) is 5.02 Å². The molecule has 5 heteroatoms. The minimum Gasteiger partial charge on any atom is -0.374 e. The van der Waals surface area contributed by atoms with Gasteiger partial charge in [0.15, 0.2) is 0 Å². The first-order chi connectivity index (χ1) is 9.18. The SMILES string of the molecule is O=C(c1cccc(Br)c1Cl)N1CCOC2CCCC21. The smallest absolute Gasteiger partial charge is 0.255 e. The molecule has 3 nitrogen and oxygen atoms in total. The fourth-order valence-electron chi connectivity index (χ4n) is 3.00. The van der Waals surface area contributed by atoms with E-state index in [2.05, 4.69) is 15.9 Å². The Bertz CT molecular complexity index is 508. The van der Waals surface area contributed by atoms with Gasteiger partial charge in [0.25, 0.3) is 5.91 Å². The van der Waals surface area contributed by atoms with Crippen molar-refractivity contribution in [2.24, 2.45) is 0 Å². The molecule has 1 saturated carbocycles. The maximum absolute atomic E-state index is 12.7. The number of ether oxygens (including phenoxy) is 1. The molecule has 102 valence electrons. The molecule has 0 aromatic heterocycles. The molecule has 1 amide bonds. The Hall–Kier alpha value is -0.580. The Morgan fingerprint density at radius 1 is 1.42 bits per heavy atom. The zero-order valence-electron chi connectivity index (χ0n) is 10.4. The summed E-state index contributed by atoms with van der Waals surface area (Å²) >= 11 is 9.59. The molecule has 2 aliphatic rings. The third-order valence-corrected chi connectivity index (χ3v) is 5.22. The van der Waals surface area contributed by atoms with Crippen LogP contribution in [0.4, 0.5) is 0 Å². The summed E-state index contributed by atoms with van der Waals surface area (Å²) in [6, 6.07) is 5.69.